The first-order chi connectivity index (χ1) is 10.2. The van der Waals surface area contributed by atoms with Crippen molar-refractivity contribution in [3.63, 3.8) is 0 Å². The molecule has 0 saturated heterocycles. The maximum Gasteiger partial charge on any atom is 0.226 e. The van der Waals surface area contributed by atoms with Gasteiger partial charge in [0.25, 0.3) is 0 Å². The molecule has 1 aliphatic rings. The number of hydrogen-bond donors (Lipinski definition) is 0. The zero-order chi connectivity index (χ0) is 14.8. The average molecular weight is 344 g/mol. The molecule has 1 fully saturated rings. The van der Waals surface area contributed by atoms with Crippen molar-refractivity contribution in [1.82, 2.24) is 4.90 Å². The lowest BCUT2D eigenvalue weighted by atomic mass is 9.97. The molecule has 1 aliphatic carbocycles. The number of carbonyl (C=O) groups excluding carboxylic acids is 1. The Morgan fingerprint density at radius 3 is 2.33 bits per heavy atom. The Bertz CT molecular complexity index is 637. The van der Waals surface area contributed by atoms with Crippen LogP contribution >= 0.6 is 15.9 Å². The molecule has 3 heteroatoms. The van der Waals surface area contributed by atoms with Gasteiger partial charge in [0, 0.05) is 17.4 Å². The molecule has 3 rings (SSSR count). The van der Waals surface area contributed by atoms with Gasteiger partial charge in [-0.25, -0.2) is 0 Å². The summed E-state index contributed by atoms with van der Waals surface area (Å²) in [7, 11) is 1.91. The second-order valence-electron chi connectivity index (χ2n) is 5.56. The molecule has 108 valence electrons. The quantitative estimate of drug-likeness (QED) is 0.805. The fourth-order valence-electron chi connectivity index (χ4n) is 2.69. The third-order valence-electron chi connectivity index (χ3n) is 3.98. The molecular formula is C18H18BrNO. The number of benzene rings is 2. The van der Waals surface area contributed by atoms with Gasteiger partial charge in [0.1, 0.15) is 0 Å². The summed E-state index contributed by atoms with van der Waals surface area (Å²) in [5.74, 6) is 0.475. The van der Waals surface area contributed by atoms with Crippen LogP contribution in [0.1, 0.15) is 30.0 Å². The Kier molecular flexibility index (Phi) is 4.11. The van der Waals surface area contributed by atoms with Crippen LogP contribution in [0.5, 0.6) is 0 Å². The third-order valence-corrected chi connectivity index (χ3v) is 4.70. The van der Waals surface area contributed by atoms with E-state index in [1.165, 1.54) is 0 Å². The van der Waals surface area contributed by atoms with Crippen molar-refractivity contribution >= 4 is 21.8 Å². The summed E-state index contributed by atoms with van der Waals surface area (Å²) in [4.78, 5) is 14.4. The first kappa shape index (κ1) is 14.3. The van der Waals surface area contributed by atoms with E-state index in [4.69, 9.17) is 0 Å². The maximum atomic E-state index is 12.5. The Morgan fingerprint density at radius 1 is 1.10 bits per heavy atom. The molecule has 0 aliphatic heterocycles. The largest absolute Gasteiger partial charge is 0.334 e. The normalized spacial score (nSPS) is 15.5. The van der Waals surface area contributed by atoms with E-state index in [-0.39, 0.29) is 17.9 Å². The van der Waals surface area contributed by atoms with Gasteiger partial charge in [0.2, 0.25) is 5.91 Å². The predicted octanol–water partition coefficient (Wildman–Crippen LogP) is 4.41. The van der Waals surface area contributed by atoms with Gasteiger partial charge in [-0.15, -0.1) is 0 Å². The number of halogens is 1. The van der Waals surface area contributed by atoms with Gasteiger partial charge in [-0.2, -0.15) is 0 Å². The summed E-state index contributed by atoms with van der Waals surface area (Å²) >= 11 is 3.63. The zero-order valence-corrected chi connectivity index (χ0v) is 13.6. The van der Waals surface area contributed by atoms with Crippen LogP contribution < -0.4 is 0 Å². The molecule has 1 amide bonds. The first-order valence-corrected chi connectivity index (χ1v) is 8.04. The molecule has 0 aromatic heterocycles. The molecule has 1 unspecified atom stereocenters. The van der Waals surface area contributed by atoms with Crippen LogP contribution in [0.15, 0.2) is 59.1 Å². The second kappa shape index (κ2) is 6.02. The Balaban J connectivity index is 2.02. The Hall–Kier alpha value is -1.61. The third kappa shape index (κ3) is 3.03. The molecule has 0 radical (unpaired) electrons. The minimum Gasteiger partial charge on any atom is -0.334 e. The molecule has 0 bridgehead atoms. The van der Waals surface area contributed by atoms with Crippen molar-refractivity contribution in [2.45, 2.75) is 18.9 Å². The highest BCUT2D eigenvalue weighted by Gasteiger charge is 2.35. The number of rotatable bonds is 4. The second-order valence-corrected chi connectivity index (χ2v) is 6.41. The van der Waals surface area contributed by atoms with Crippen molar-refractivity contribution in [2.24, 2.45) is 5.92 Å². The van der Waals surface area contributed by atoms with Crippen molar-refractivity contribution in [3.05, 3.63) is 70.2 Å². The van der Waals surface area contributed by atoms with E-state index in [0.29, 0.717) is 0 Å². The number of amides is 1. The zero-order valence-electron chi connectivity index (χ0n) is 12.0. The van der Waals surface area contributed by atoms with E-state index in [1.807, 2.05) is 48.3 Å². The van der Waals surface area contributed by atoms with Gasteiger partial charge in [-0.1, -0.05) is 64.5 Å². The van der Waals surface area contributed by atoms with Crippen molar-refractivity contribution in [3.8, 4) is 0 Å². The minimum absolute atomic E-state index is 0.0464. The van der Waals surface area contributed by atoms with Crippen LogP contribution in [-0.2, 0) is 4.79 Å². The van der Waals surface area contributed by atoms with E-state index >= 15 is 0 Å². The molecule has 0 heterocycles. The maximum absolute atomic E-state index is 12.5. The van der Waals surface area contributed by atoms with Crippen molar-refractivity contribution in [2.75, 3.05) is 7.05 Å². The van der Waals surface area contributed by atoms with Gasteiger partial charge < -0.3 is 4.90 Å². The lowest BCUT2D eigenvalue weighted by Gasteiger charge is -2.30. The molecule has 2 aromatic carbocycles. The summed E-state index contributed by atoms with van der Waals surface area (Å²) in [6, 6.07) is 18.3. The van der Waals surface area contributed by atoms with Gasteiger partial charge in [-0.3, -0.25) is 4.79 Å². The average Bonchev–Trinajstić information content (AvgIpc) is 3.34. The Labute approximate surface area is 133 Å². The first-order valence-electron chi connectivity index (χ1n) is 7.24. The van der Waals surface area contributed by atoms with Crippen molar-refractivity contribution in [1.29, 1.82) is 0 Å². The monoisotopic (exact) mass is 343 g/mol. The summed E-state index contributed by atoms with van der Waals surface area (Å²) in [6.07, 6.45) is 2.06. The van der Waals surface area contributed by atoms with Gasteiger partial charge >= 0.3 is 0 Å². The van der Waals surface area contributed by atoms with Crippen LogP contribution in [0.3, 0.4) is 0 Å². The molecule has 0 spiro atoms. The predicted molar refractivity (Wildman–Crippen MR) is 87.9 cm³/mol. The number of nitrogens with zero attached hydrogens (tertiary/aromatic N) is 1. The van der Waals surface area contributed by atoms with E-state index in [9.17, 15) is 4.79 Å². The molecule has 1 atom stereocenters. The summed E-state index contributed by atoms with van der Waals surface area (Å²) in [5, 5.41) is 0. The smallest absolute Gasteiger partial charge is 0.226 e. The highest BCUT2D eigenvalue weighted by atomic mass is 79.9. The van der Waals surface area contributed by atoms with Gasteiger partial charge in [-0.05, 0) is 30.0 Å². The van der Waals surface area contributed by atoms with Gasteiger partial charge in [0.05, 0.1) is 6.04 Å². The van der Waals surface area contributed by atoms with E-state index in [1.54, 1.807) is 0 Å². The summed E-state index contributed by atoms with van der Waals surface area (Å²) in [5.41, 5.74) is 2.26. The molecular weight excluding hydrogens is 326 g/mol. The van der Waals surface area contributed by atoms with Crippen LogP contribution in [0.4, 0.5) is 0 Å². The molecule has 2 aromatic rings. The molecule has 21 heavy (non-hydrogen) atoms. The molecule has 0 N–H and O–H groups in total. The van der Waals surface area contributed by atoms with Crippen LogP contribution in [0.2, 0.25) is 0 Å². The standard InChI is InChI=1S/C18H18BrNO/c1-20(18(21)14-11-12-14)17(13-7-3-2-4-8-13)15-9-5-6-10-16(15)19/h2-10,14,17H,11-12H2,1H3. The van der Waals surface area contributed by atoms with E-state index in [0.717, 1.165) is 28.4 Å². The SMILES string of the molecule is CN(C(=O)C1CC1)C(c1ccccc1)c1ccccc1Br. The minimum atomic E-state index is -0.0464. The summed E-state index contributed by atoms with van der Waals surface area (Å²) in [6.45, 7) is 0. The topological polar surface area (TPSA) is 20.3 Å². The van der Waals surface area contributed by atoms with E-state index < -0.39 is 0 Å². The lowest BCUT2D eigenvalue weighted by molar-refractivity contribution is -0.132. The summed E-state index contributed by atoms with van der Waals surface area (Å²) < 4.78 is 1.04. The van der Waals surface area contributed by atoms with Crippen LogP contribution in [0, 0.1) is 5.92 Å². The van der Waals surface area contributed by atoms with Gasteiger partial charge in [0.15, 0.2) is 0 Å². The van der Waals surface area contributed by atoms with Crippen LogP contribution in [-0.4, -0.2) is 17.9 Å². The van der Waals surface area contributed by atoms with Crippen molar-refractivity contribution < 1.29 is 4.79 Å². The highest BCUT2D eigenvalue weighted by molar-refractivity contribution is 9.10. The highest BCUT2D eigenvalue weighted by Crippen LogP contribution is 2.37. The Morgan fingerprint density at radius 2 is 1.71 bits per heavy atom. The fraction of sp³-hybridized carbons (Fsp3) is 0.278. The lowest BCUT2D eigenvalue weighted by Crippen LogP contribution is -2.33. The van der Waals surface area contributed by atoms with E-state index in [2.05, 4.69) is 34.1 Å². The molecule has 2 nitrogen and oxygen atoms in total. The van der Waals surface area contributed by atoms with Crippen LogP contribution in [0.25, 0.3) is 0 Å². The molecule has 1 saturated carbocycles. The number of carbonyl (C=O) groups is 1. The number of hydrogen-bond acceptors (Lipinski definition) is 1. The fourth-order valence-corrected chi connectivity index (χ4v) is 3.19.